The molecule has 6 heteroatoms. The van der Waals surface area contributed by atoms with Crippen molar-refractivity contribution in [2.45, 2.75) is 13.0 Å². The Morgan fingerprint density at radius 1 is 1.04 bits per heavy atom. The topological polar surface area (TPSA) is 67.4 Å². The molecule has 26 heavy (non-hydrogen) atoms. The van der Waals surface area contributed by atoms with E-state index in [4.69, 9.17) is 4.74 Å². The standard InChI is InChI=1S/C20H20N2O3S/c1-14(15-5-3-2-4-6-15)21-19(23)16-7-9-17(10-8-16)22-20(24)18-13-26-12-11-25-18/h2-10,13-14H,11-12H2,1H3,(H,21,23)(H,22,24)/t14-/m1/s1. The van der Waals surface area contributed by atoms with Gasteiger partial charge in [0, 0.05) is 22.4 Å². The van der Waals surface area contributed by atoms with Crippen LogP contribution in [0.3, 0.4) is 0 Å². The Morgan fingerprint density at radius 3 is 2.42 bits per heavy atom. The first kappa shape index (κ1) is 18.1. The Balaban J connectivity index is 1.59. The van der Waals surface area contributed by atoms with Crippen LogP contribution in [0.25, 0.3) is 0 Å². The summed E-state index contributed by atoms with van der Waals surface area (Å²) in [6.07, 6.45) is 0. The second kappa shape index (κ2) is 8.58. The van der Waals surface area contributed by atoms with Gasteiger partial charge in [-0.2, -0.15) is 0 Å². The predicted octanol–water partition coefficient (Wildman–Crippen LogP) is 3.72. The normalized spacial score (nSPS) is 14.6. The lowest BCUT2D eigenvalue weighted by atomic mass is 10.1. The third-order valence-electron chi connectivity index (χ3n) is 3.93. The van der Waals surface area contributed by atoms with Crippen LogP contribution in [0.15, 0.2) is 65.8 Å². The Kier molecular flexibility index (Phi) is 5.96. The molecule has 0 bridgehead atoms. The zero-order valence-corrected chi connectivity index (χ0v) is 15.2. The number of rotatable bonds is 5. The highest BCUT2D eigenvalue weighted by Gasteiger charge is 2.15. The van der Waals surface area contributed by atoms with Crippen molar-refractivity contribution in [3.63, 3.8) is 0 Å². The Morgan fingerprint density at radius 2 is 1.77 bits per heavy atom. The number of carbonyl (C=O) groups is 2. The van der Waals surface area contributed by atoms with Gasteiger partial charge in [0.2, 0.25) is 0 Å². The Hall–Kier alpha value is -2.73. The van der Waals surface area contributed by atoms with E-state index < -0.39 is 0 Å². The van der Waals surface area contributed by atoms with Gasteiger partial charge in [0.15, 0.2) is 5.76 Å². The van der Waals surface area contributed by atoms with Crippen LogP contribution in [0.2, 0.25) is 0 Å². The van der Waals surface area contributed by atoms with Crippen LogP contribution in [0.1, 0.15) is 28.9 Å². The smallest absolute Gasteiger partial charge is 0.291 e. The molecule has 3 rings (SSSR count). The zero-order valence-electron chi connectivity index (χ0n) is 14.4. The summed E-state index contributed by atoms with van der Waals surface area (Å²) in [5.41, 5.74) is 2.19. The van der Waals surface area contributed by atoms with Gasteiger partial charge in [-0.1, -0.05) is 30.3 Å². The third-order valence-corrected chi connectivity index (χ3v) is 4.71. The molecule has 2 aromatic carbocycles. The van der Waals surface area contributed by atoms with Crippen LogP contribution >= 0.6 is 11.8 Å². The number of ether oxygens (including phenoxy) is 1. The van der Waals surface area contributed by atoms with Gasteiger partial charge in [-0.25, -0.2) is 0 Å². The van der Waals surface area contributed by atoms with E-state index in [0.717, 1.165) is 11.3 Å². The molecule has 2 aromatic rings. The molecule has 0 radical (unpaired) electrons. The first-order valence-electron chi connectivity index (χ1n) is 8.35. The van der Waals surface area contributed by atoms with Crippen LogP contribution in [-0.2, 0) is 9.53 Å². The molecule has 0 unspecified atom stereocenters. The van der Waals surface area contributed by atoms with Gasteiger partial charge in [0.05, 0.1) is 12.6 Å². The molecule has 1 atom stereocenters. The fraction of sp³-hybridized carbons (Fsp3) is 0.200. The molecule has 5 nitrogen and oxygen atoms in total. The number of thioether (sulfide) groups is 1. The van der Waals surface area contributed by atoms with Gasteiger partial charge >= 0.3 is 0 Å². The van der Waals surface area contributed by atoms with Gasteiger partial charge in [-0.3, -0.25) is 9.59 Å². The van der Waals surface area contributed by atoms with Crippen molar-refractivity contribution in [2.75, 3.05) is 17.7 Å². The van der Waals surface area contributed by atoms with Gasteiger partial charge < -0.3 is 15.4 Å². The van der Waals surface area contributed by atoms with E-state index in [1.54, 1.807) is 41.4 Å². The molecule has 0 aliphatic carbocycles. The second-order valence-electron chi connectivity index (χ2n) is 5.84. The van der Waals surface area contributed by atoms with E-state index in [1.165, 1.54) is 0 Å². The monoisotopic (exact) mass is 368 g/mol. The highest BCUT2D eigenvalue weighted by molar-refractivity contribution is 8.02. The van der Waals surface area contributed by atoms with E-state index in [2.05, 4.69) is 10.6 Å². The van der Waals surface area contributed by atoms with Crippen molar-refractivity contribution in [1.29, 1.82) is 0 Å². The number of anilines is 1. The summed E-state index contributed by atoms with van der Waals surface area (Å²) in [4.78, 5) is 24.5. The van der Waals surface area contributed by atoms with Crippen molar-refractivity contribution in [1.82, 2.24) is 5.32 Å². The summed E-state index contributed by atoms with van der Waals surface area (Å²) in [5.74, 6) is 0.725. The summed E-state index contributed by atoms with van der Waals surface area (Å²) in [5, 5.41) is 7.45. The summed E-state index contributed by atoms with van der Waals surface area (Å²) in [6, 6.07) is 16.5. The maximum atomic E-state index is 12.4. The molecule has 0 aromatic heterocycles. The molecule has 0 spiro atoms. The fourth-order valence-corrected chi connectivity index (χ4v) is 3.11. The predicted molar refractivity (Wildman–Crippen MR) is 104 cm³/mol. The van der Waals surface area contributed by atoms with Crippen LogP contribution in [0.5, 0.6) is 0 Å². The third kappa shape index (κ3) is 4.67. The average Bonchev–Trinajstić information content (AvgIpc) is 2.69. The minimum atomic E-state index is -0.285. The average molecular weight is 368 g/mol. The summed E-state index contributed by atoms with van der Waals surface area (Å²) < 4.78 is 5.32. The van der Waals surface area contributed by atoms with Gasteiger partial charge in [-0.05, 0) is 36.8 Å². The molecule has 0 saturated carbocycles. The number of hydrogen-bond acceptors (Lipinski definition) is 4. The lowest BCUT2D eigenvalue weighted by Crippen LogP contribution is -2.26. The minimum absolute atomic E-state index is 0.0871. The summed E-state index contributed by atoms with van der Waals surface area (Å²) >= 11 is 1.55. The number of amides is 2. The molecular weight excluding hydrogens is 348 g/mol. The van der Waals surface area contributed by atoms with E-state index >= 15 is 0 Å². The van der Waals surface area contributed by atoms with Crippen molar-refractivity contribution in [3.8, 4) is 0 Å². The molecule has 134 valence electrons. The van der Waals surface area contributed by atoms with E-state index in [-0.39, 0.29) is 17.9 Å². The van der Waals surface area contributed by atoms with Gasteiger partial charge in [0.25, 0.3) is 11.8 Å². The molecule has 1 aliphatic rings. The zero-order chi connectivity index (χ0) is 18.4. The lowest BCUT2D eigenvalue weighted by molar-refractivity contribution is -0.116. The number of nitrogens with one attached hydrogen (secondary N) is 2. The van der Waals surface area contributed by atoms with Crippen molar-refractivity contribution in [2.24, 2.45) is 0 Å². The van der Waals surface area contributed by atoms with E-state index in [0.29, 0.717) is 23.6 Å². The molecule has 0 fully saturated rings. The highest BCUT2D eigenvalue weighted by Crippen LogP contribution is 2.18. The molecule has 0 saturated heterocycles. The quantitative estimate of drug-likeness (QED) is 0.844. The fourth-order valence-electron chi connectivity index (χ4n) is 2.49. The van der Waals surface area contributed by atoms with Gasteiger partial charge in [-0.15, -0.1) is 11.8 Å². The highest BCUT2D eigenvalue weighted by atomic mass is 32.2. The first-order chi connectivity index (χ1) is 12.6. The van der Waals surface area contributed by atoms with Crippen LogP contribution in [0.4, 0.5) is 5.69 Å². The Labute approximate surface area is 156 Å². The number of benzene rings is 2. The van der Waals surface area contributed by atoms with Crippen LogP contribution in [-0.4, -0.2) is 24.2 Å². The number of carbonyl (C=O) groups excluding carboxylic acids is 2. The van der Waals surface area contributed by atoms with Crippen LogP contribution in [0, 0.1) is 0 Å². The molecule has 2 N–H and O–H groups in total. The molecular formula is C20H20N2O3S. The molecule has 1 aliphatic heterocycles. The minimum Gasteiger partial charge on any atom is -0.487 e. The van der Waals surface area contributed by atoms with E-state index in [9.17, 15) is 9.59 Å². The van der Waals surface area contributed by atoms with E-state index in [1.807, 2.05) is 37.3 Å². The van der Waals surface area contributed by atoms with Crippen molar-refractivity contribution >= 4 is 29.3 Å². The molecule has 2 amide bonds. The molecule has 1 heterocycles. The SMILES string of the molecule is C[C@@H](NC(=O)c1ccc(NC(=O)C2=CSCCO2)cc1)c1ccccc1. The maximum absolute atomic E-state index is 12.4. The number of hydrogen-bond donors (Lipinski definition) is 2. The second-order valence-corrected chi connectivity index (χ2v) is 6.82. The first-order valence-corrected chi connectivity index (χ1v) is 9.40. The largest absolute Gasteiger partial charge is 0.487 e. The van der Waals surface area contributed by atoms with Crippen molar-refractivity contribution < 1.29 is 14.3 Å². The lowest BCUT2D eigenvalue weighted by Gasteiger charge is -2.15. The Bertz CT molecular complexity index is 804. The summed E-state index contributed by atoms with van der Waals surface area (Å²) in [7, 11) is 0. The summed E-state index contributed by atoms with van der Waals surface area (Å²) in [6.45, 7) is 2.47. The van der Waals surface area contributed by atoms with Gasteiger partial charge in [0.1, 0.15) is 0 Å². The maximum Gasteiger partial charge on any atom is 0.291 e. The van der Waals surface area contributed by atoms with Crippen LogP contribution < -0.4 is 10.6 Å². The van der Waals surface area contributed by atoms with Crippen molar-refractivity contribution in [3.05, 3.63) is 76.9 Å².